The average molecular weight is 305 g/mol. The Hall–Kier alpha value is -0.210. The summed E-state index contributed by atoms with van der Waals surface area (Å²) in [7, 11) is -3.36. The largest absolute Gasteiger partial charge is 0.377 e. The molecule has 0 radical (unpaired) electrons. The topological polar surface area (TPSA) is 73.9 Å². The van der Waals surface area contributed by atoms with E-state index in [0.29, 0.717) is 19.8 Å². The van der Waals surface area contributed by atoms with Crippen molar-refractivity contribution in [3.63, 3.8) is 0 Å². The molecule has 0 bridgehead atoms. The van der Waals surface area contributed by atoms with E-state index >= 15 is 0 Å². The van der Waals surface area contributed by atoms with E-state index in [-0.39, 0.29) is 17.9 Å². The first-order chi connectivity index (χ1) is 9.60. The lowest BCUT2D eigenvalue weighted by Gasteiger charge is -2.39. The molecule has 3 fully saturated rings. The summed E-state index contributed by atoms with van der Waals surface area (Å²) in [5.74, 6) is -0.693. The quantitative estimate of drug-likeness (QED) is 0.830. The third-order valence-corrected chi connectivity index (χ3v) is 5.78. The van der Waals surface area contributed by atoms with Crippen molar-refractivity contribution in [1.29, 1.82) is 0 Å². The summed E-state index contributed by atoms with van der Waals surface area (Å²) in [4.78, 5) is 0. The summed E-state index contributed by atoms with van der Waals surface area (Å²) < 4.78 is 44.3. The number of ether oxygens (including phenoxy) is 3. The molecule has 0 unspecified atom stereocenters. The zero-order valence-corrected chi connectivity index (χ0v) is 12.5. The molecule has 6 nitrogen and oxygen atoms in total. The van der Waals surface area contributed by atoms with E-state index < -0.39 is 15.8 Å². The zero-order valence-electron chi connectivity index (χ0n) is 11.7. The highest BCUT2D eigenvalue weighted by Crippen LogP contribution is 2.36. The Bertz CT molecular complexity index is 426. The lowest BCUT2D eigenvalue weighted by atomic mass is 9.90. The van der Waals surface area contributed by atoms with Gasteiger partial charge >= 0.3 is 0 Å². The van der Waals surface area contributed by atoms with Gasteiger partial charge < -0.3 is 14.2 Å². The molecule has 2 saturated heterocycles. The fourth-order valence-corrected chi connectivity index (χ4v) is 4.94. The predicted octanol–water partition coefficient (Wildman–Crippen LogP) is 0.770. The number of hydrogen-bond acceptors (Lipinski definition) is 5. The smallest absolute Gasteiger partial charge is 0.214 e. The fourth-order valence-electron chi connectivity index (χ4n) is 3.36. The molecule has 0 aromatic rings. The molecule has 2 aliphatic heterocycles. The van der Waals surface area contributed by atoms with Gasteiger partial charge in [-0.3, -0.25) is 0 Å². The molecule has 20 heavy (non-hydrogen) atoms. The van der Waals surface area contributed by atoms with Crippen molar-refractivity contribution in [1.82, 2.24) is 4.72 Å². The Balaban J connectivity index is 1.65. The lowest BCUT2D eigenvalue weighted by Crippen LogP contribution is -2.56. The van der Waals surface area contributed by atoms with Crippen LogP contribution in [0, 0.1) is 0 Å². The normalized spacial score (nSPS) is 33.8. The number of sulfonamides is 1. The Morgan fingerprint density at radius 3 is 2.55 bits per heavy atom. The Labute approximate surface area is 120 Å². The van der Waals surface area contributed by atoms with Crippen molar-refractivity contribution in [3.8, 4) is 0 Å². The third kappa shape index (κ3) is 3.17. The monoisotopic (exact) mass is 305 g/mol. The number of rotatable bonds is 4. The minimum atomic E-state index is -3.36. The van der Waals surface area contributed by atoms with Crippen LogP contribution in [0.15, 0.2) is 0 Å². The zero-order chi connectivity index (χ0) is 14.1. The predicted molar refractivity (Wildman–Crippen MR) is 72.8 cm³/mol. The van der Waals surface area contributed by atoms with Crippen molar-refractivity contribution in [3.05, 3.63) is 0 Å². The van der Waals surface area contributed by atoms with Crippen LogP contribution in [0.4, 0.5) is 0 Å². The van der Waals surface area contributed by atoms with E-state index in [2.05, 4.69) is 4.72 Å². The van der Waals surface area contributed by atoms with Gasteiger partial charge in [0.15, 0.2) is 5.79 Å². The first-order valence-electron chi connectivity index (χ1n) is 7.49. The Morgan fingerprint density at radius 1 is 1.05 bits per heavy atom. The minimum Gasteiger partial charge on any atom is -0.377 e. The van der Waals surface area contributed by atoms with Crippen LogP contribution in [0.1, 0.15) is 38.5 Å². The van der Waals surface area contributed by atoms with Gasteiger partial charge in [-0.15, -0.1) is 0 Å². The minimum absolute atomic E-state index is 0.0413. The molecule has 116 valence electrons. The molecule has 1 N–H and O–H groups in total. The van der Waals surface area contributed by atoms with Crippen LogP contribution >= 0.6 is 0 Å². The van der Waals surface area contributed by atoms with Gasteiger partial charge in [0.2, 0.25) is 10.0 Å². The van der Waals surface area contributed by atoms with Crippen LogP contribution < -0.4 is 4.72 Å². The first-order valence-corrected chi connectivity index (χ1v) is 9.14. The van der Waals surface area contributed by atoms with Crippen LogP contribution in [-0.4, -0.2) is 51.9 Å². The maximum absolute atomic E-state index is 12.3. The van der Waals surface area contributed by atoms with Crippen molar-refractivity contribution < 1.29 is 22.6 Å². The average Bonchev–Trinajstić information content (AvgIpc) is 3.04. The summed E-state index contributed by atoms with van der Waals surface area (Å²) in [5.41, 5.74) is 0. The fraction of sp³-hybridized carbons (Fsp3) is 1.00. The van der Waals surface area contributed by atoms with Gasteiger partial charge in [-0.05, 0) is 25.7 Å². The maximum Gasteiger partial charge on any atom is 0.214 e. The first kappa shape index (κ1) is 14.7. The summed E-state index contributed by atoms with van der Waals surface area (Å²) in [6.45, 7) is 1.76. The van der Waals surface area contributed by atoms with Crippen LogP contribution in [-0.2, 0) is 24.2 Å². The van der Waals surface area contributed by atoms with Crippen molar-refractivity contribution in [2.24, 2.45) is 0 Å². The summed E-state index contributed by atoms with van der Waals surface area (Å²) >= 11 is 0. The molecule has 2 heterocycles. The Kier molecular flexibility index (Phi) is 4.33. The Morgan fingerprint density at radius 2 is 1.85 bits per heavy atom. The third-order valence-electron chi connectivity index (χ3n) is 4.33. The molecule has 1 spiro atoms. The van der Waals surface area contributed by atoms with Gasteiger partial charge in [0.1, 0.15) is 0 Å². The van der Waals surface area contributed by atoms with Crippen LogP contribution in [0.3, 0.4) is 0 Å². The van der Waals surface area contributed by atoms with Gasteiger partial charge in [0.25, 0.3) is 0 Å². The lowest BCUT2D eigenvalue weighted by molar-refractivity contribution is -0.191. The van der Waals surface area contributed by atoms with Gasteiger partial charge in [-0.1, -0.05) is 6.42 Å². The number of nitrogens with one attached hydrogen (secondary N) is 1. The van der Waals surface area contributed by atoms with E-state index in [4.69, 9.17) is 14.2 Å². The van der Waals surface area contributed by atoms with E-state index in [1.165, 1.54) is 0 Å². The second kappa shape index (κ2) is 5.88. The molecule has 0 amide bonds. The highest BCUT2D eigenvalue weighted by molar-refractivity contribution is 7.89. The standard InChI is InChI=1S/C13H23NO5S/c15-20(16,10-11-4-3-7-17-11)14-12-5-1-2-6-13(12)18-8-9-19-13/h11-12,14H,1-10H2/t11-,12+/m1/s1. The van der Waals surface area contributed by atoms with E-state index in [9.17, 15) is 8.42 Å². The van der Waals surface area contributed by atoms with E-state index in [1.54, 1.807) is 0 Å². The number of hydrogen-bond donors (Lipinski definition) is 1. The SMILES string of the molecule is O=S(=O)(C[C@H]1CCCO1)N[C@H]1CCCCC12OCCO2. The van der Waals surface area contributed by atoms with Gasteiger partial charge in [-0.25, -0.2) is 13.1 Å². The second-order valence-corrected chi connectivity index (χ2v) is 7.64. The molecule has 2 atom stereocenters. The van der Waals surface area contributed by atoms with Crippen LogP contribution in [0.2, 0.25) is 0 Å². The van der Waals surface area contributed by atoms with E-state index in [1.807, 2.05) is 0 Å². The molecule has 7 heteroatoms. The summed E-state index contributed by atoms with van der Waals surface area (Å²) in [6.07, 6.45) is 5.15. The molecule has 0 aromatic carbocycles. The van der Waals surface area contributed by atoms with Gasteiger partial charge in [0.05, 0.1) is 31.1 Å². The highest BCUT2D eigenvalue weighted by Gasteiger charge is 2.47. The summed E-state index contributed by atoms with van der Waals surface area (Å²) in [5, 5.41) is 0. The molecule has 0 aromatic heterocycles. The highest BCUT2D eigenvalue weighted by atomic mass is 32.2. The molecular weight excluding hydrogens is 282 g/mol. The maximum atomic E-state index is 12.3. The van der Waals surface area contributed by atoms with Crippen LogP contribution in [0.25, 0.3) is 0 Å². The van der Waals surface area contributed by atoms with Crippen molar-refractivity contribution in [2.45, 2.75) is 56.5 Å². The van der Waals surface area contributed by atoms with Gasteiger partial charge in [-0.2, -0.15) is 0 Å². The van der Waals surface area contributed by atoms with Crippen molar-refractivity contribution >= 4 is 10.0 Å². The molecule has 1 aliphatic carbocycles. The van der Waals surface area contributed by atoms with Gasteiger partial charge in [0, 0.05) is 13.0 Å². The second-order valence-electron chi connectivity index (χ2n) is 5.84. The molecule has 3 aliphatic rings. The molecule has 1 saturated carbocycles. The van der Waals surface area contributed by atoms with Crippen LogP contribution in [0.5, 0.6) is 0 Å². The molecular formula is C13H23NO5S. The summed E-state index contributed by atoms with van der Waals surface area (Å²) in [6, 6.07) is -0.273. The van der Waals surface area contributed by atoms with Crippen molar-refractivity contribution in [2.75, 3.05) is 25.6 Å². The molecule has 3 rings (SSSR count). The van der Waals surface area contributed by atoms with E-state index in [0.717, 1.165) is 38.5 Å².